The number of anilines is 1. The SMILES string of the molecule is CCC(O)CNCC(=O)Nc1ccc(Cl)cc1. The van der Waals surface area contributed by atoms with Gasteiger partial charge >= 0.3 is 0 Å². The van der Waals surface area contributed by atoms with E-state index in [-0.39, 0.29) is 12.5 Å². The van der Waals surface area contributed by atoms with Gasteiger partial charge in [0.15, 0.2) is 0 Å². The smallest absolute Gasteiger partial charge is 0.238 e. The predicted molar refractivity (Wildman–Crippen MR) is 69.2 cm³/mol. The van der Waals surface area contributed by atoms with Gasteiger partial charge in [-0.3, -0.25) is 4.79 Å². The molecule has 0 heterocycles. The van der Waals surface area contributed by atoms with Crippen molar-refractivity contribution in [1.82, 2.24) is 5.32 Å². The Morgan fingerprint density at radius 2 is 2.06 bits per heavy atom. The summed E-state index contributed by atoms with van der Waals surface area (Å²) in [6.45, 7) is 2.49. The number of aliphatic hydroxyl groups is 1. The number of benzene rings is 1. The van der Waals surface area contributed by atoms with Gasteiger partial charge in [0.2, 0.25) is 5.91 Å². The highest BCUT2D eigenvalue weighted by Crippen LogP contribution is 2.12. The second-order valence-corrected chi connectivity index (χ2v) is 4.18. The van der Waals surface area contributed by atoms with Gasteiger partial charge in [-0.05, 0) is 30.7 Å². The summed E-state index contributed by atoms with van der Waals surface area (Å²) in [6, 6.07) is 6.90. The van der Waals surface area contributed by atoms with E-state index in [0.29, 0.717) is 23.7 Å². The third kappa shape index (κ3) is 5.68. The van der Waals surface area contributed by atoms with Crippen LogP contribution in [-0.4, -0.2) is 30.2 Å². The minimum absolute atomic E-state index is 0.143. The minimum atomic E-state index is -0.404. The monoisotopic (exact) mass is 256 g/mol. The molecule has 0 fully saturated rings. The Bertz CT molecular complexity index is 354. The largest absolute Gasteiger partial charge is 0.392 e. The van der Waals surface area contributed by atoms with Crippen molar-refractivity contribution in [3.05, 3.63) is 29.3 Å². The molecule has 0 aliphatic heterocycles. The van der Waals surface area contributed by atoms with E-state index in [9.17, 15) is 9.90 Å². The van der Waals surface area contributed by atoms with Crippen LogP contribution < -0.4 is 10.6 Å². The van der Waals surface area contributed by atoms with Gasteiger partial charge in [-0.15, -0.1) is 0 Å². The number of hydrogen-bond donors (Lipinski definition) is 3. The van der Waals surface area contributed by atoms with Crippen molar-refractivity contribution < 1.29 is 9.90 Å². The van der Waals surface area contributed by atoms with Gasteiger partial charge < -0.3 is 15.7 Å². The van der Waals surface area contributed by atoms with E-state index in [0.717, 1.165) is 0 Å². The van der Waals surface area contributed by atoms with E-state index in [1.54, 1.807) is 24.3 Å². The third-order valence-electron chi connectivity index (χ3n) is 2.26. The first-order valence-electron chi connectivity index (χ1n) is 5.56. The second kappa shape index (κ2) is 7.27. The molecular formula is C12H17ClN2O2. The Kier molecular flexibility index (Phi) is 5.97. The topological polar surface area (TPSA) is 61.4 Å². The van der Waals surface area contributed by atoms with Crippen LogP contribution in [0.1, 0.15) is 13.3 Å². The summed E-state index contributed by atoms with van der Waals surface area (Å²) in [6.07, 6.45) is 0.268. The molecule has 1 aromatic rings. The Morgan fingerprint density at radius 1 is 1.41 bits per heavy atom. The average molecular weight is 257 g/mol. The lowest BCUT2D eigenvalue weighted by atomic mass is 10.3. The number of carbonyl (C=O) groups excluding carboxylic acids is 1. The van der Waals surface area contributed by atoms with Crippen molar-refractivity contribution in [3.8, 4) is 0 Å². The van der Waals surface area contributed by atoms with Crippen LogP contribution in [0.3, 0.4) is 0 Å². The summed E-state index contributed by atoms with van der Waals surface area (Å²) >= 11 is 5.73. The summed E-state index contributed by atoms with van der Waals surface area (Å²) in [4.78, 5) is 11.5. The Balaban J connectivity index is 2.27. The number of aliphatic hydroxyl groups excluding tert-OH is 1. The normalized spacial score (nSPS) is 12.2. The zero-order chi connectivity index (χ0) is 12.7. The fraction of sp³-hybridized carbons (Fsp3) is 0.417. The molecule has 94 valence electrons. The average Bonchev–Trinajstić information content (AvgIpc) is 2.32. The Hall–Kier alpha value is -1.10. The van der Waals surface area contributed by atoms with Crippen molar-refractivity contribution in [2.45, 2.75) is 19.4 Å². The van der Waals surface area contributed by atoms with Crippen LogP contribution in [0, 0.1) is 0 Å². The fourth-order valence-electron chi connectivity index (χ4n) is 1.24. The molecule has 0 saturated carbocycles. The van der Waals surface area contributed by atoms with Crippen LogP contribution in [-0.2, 0) is 4.79 Å². The van der Waals surface area contributed by atoms with E-state index in [1.165, 1.54) is 0 Å². The number of rotatable bonds is 6. The minimum Gasteiger partial charge on any atom is -0.392 e. The molecule has 1 amide bonds. The number of halogens is 1. The molecule has 0 bridgehead atoms. The molecule has 1 aromatic carbocycles. The highest BCUT2D eigenvalue weighted by atomic mass is 35.5. The first kappa shape index (κ1) is 14.0. The summed E-state index contributed by atoms with van der Waals surface area (Å²) in [7, 11) is 0. The van der Waals surface area contributed by atoms with E-state index < -0.39 is 6.10 Å². The molecule has 0 aliphatic rings. The lowest BCUT2D eigenvalue weighted by Gasteiger charge is -2.09. The zero-order valence-corrected chi connectivity index (χ0v) is 10.5. The van der Waals surface area contributed by atoms with Gasteiger partial charge in [-0.1, -0.05) is 18.5 Å². The molecule has 3 N–H and O–H groups in total. The lowest BCUT2D eigenvalue weighted by molar-refractivity contribution is -0.115. The van der Waals surface area contributed by atoms with E-state index >= 15 is 0 Å². The van der Waals surface area contributed by atoms with Gasteiger partial charge in [0, 0.05) is 17.3 Å². The Morgan fingerprint density at radius 3 is 2.65 bits per heavy atom. The number of hydrogen-bond acceptors (Lipinski definition) is 3. The standard InChI is InChI=1S/C12H17ClN2O2/c1-2-11(16)7-14-8-12(17)15-10-5-3-9(13)4-6-10/h3-6,11,14,16H,2,7-8H2,1H3,(H,15,17). The van der Waals surface area contributed by atoms with Crippen LogP contribution >= 0.6 is 11.6 Å². The van der Waals surface area contributed by atoms with Crippen molar-refractivity contribution in [2.75, 3.05) is 18.4 Å². The first-order valence-corrected chi connectivity index (χ1v) is 5.93. The predicted octanol–water partition coefficient (Wildman–Crippen LogP) is 1.64. The molecule has 0 radical (unpaired) electrons. The second-order valence-electron chi connectivity index (χ2n) is 3.75. The summed E-state index contributed by atoms with van der Waals surface area (Å²) in [5.74, 6) is -0.143. The maximum Gasteiger partial charge on any atom is 0.238 e. The summed E-state index contributed by atoms with van der Waals surface area (Å²) in [5, 5.41) is 15.5. The van der Waals surface area contributed by atoms with Crippen molar-refractivity contribution in [3.63, 3.8) is 0 Å². The molecule has 1 atom stereocenters. The van der Waals surface area contributed by atoms with Crippen LogP contribution in [0.15, 0.2) is 24.3 Å². The highest BCUT2D eigenvalue weighted by Gasteiger charge is 2.04. The molecule has 5 heteroatoms. The number of carbonyl (C=O) groups is 1. The Labute approximate surface area is 106 Å². The van der Waals surface area contributed by atoms with Crippen molar-refractivity contribution in [2.24, 2.45) is 0 Å². The van der Waals surface area contributed by atoms with Crippen LogP contribution in [0.25, 0.3) is 0 Å². The molecule has 0 aromatic heterocycles. The molecular weight excluding hydrogens is 240 g/mol. The van der Waals surface area contributed by atoms with Gasteiger partial charge in [0.25, 0.3) is 0 Å². The molecule has 1 unspecified atom stereocenters. The van der Waals surface area contributed by atoms with E-state index in [1.807, 2.05) is 6.92 Å². The van der Waals surface area contributed by atoms with Crippen LogP contribution in [0.5, 0.6) is 0 Å². The maximum atomic E-state index is 11.5. The zero-order valence-electron chi connectivity index (χ0n) is 9.74. The van der Waals surface area contributed by atoms with E-state index in [4.69, 9.17) is 11.6 Å². The van der Waals surface area contributed by atoms with Gasteiger partial charge in [-0.2, -0.15) is 0 Å². The van der Waals surface area contributed by atoms with Crippen molar-refractivity contribution in [1.29, 1.82) is 0 Å². The van der Waals surface area contributed by atoms with E-state index in [2.05, 4.69) is 10.6 Å². The lowest BCUT2D eigenvalue weighted by Crippen LogP contribution is -2.33. The van der Waals surface area contributed by atoms with Crippen LogP contribution in [0.4, 0.5) is 5.69 Å². The quantitative estimate of drug-likeness (QED) is 0.725. The van der Waals surface area contributed by atoms with Gasteiger partial charge in [0.05, 0.1) is 12.6 Å². The van der Waals surface area contributed by atoms with Crippen LogP contribution in [0.2, 0.25) is 5.02 Å². The fourth-order valence-corrected chi connectivity index (χ4v) is 1.36. The molecule has 0 saturated heterocycles. The van der Waals surface area contributed by atoms with Gasteiger partial charge in [0.1, 0.15) is 0 Å². The summed E-state index contributed by atoms with van der Waals surface area (Å²) < 4.78 is 0. The molecule has 4 nitrogen and oxygen atoms in total. The van der Waals surface area contributed by atoms with Gasteiger partial charge in [-0.25, -0.2) is 0 Å². The molecule has 0 spiro atoms. The number of amides is 1. The molecule has 0 aliphatic carbocycles. The molecule has 17 heavy (non-hydrogen) atoms. The first-order chi connectivity index (χ1) is 8.11. The third-order valence-corrected chi connectivity index (χ3v) is 2.52. The maximum absolute atomic E-state index is 11.5. The number of nitrogens with one attached hydrogen (secondary N) is 2. The highest BCUT2D eigenvalue weighted by molar-refractivity contribution is 6.30. The van der Waals surface area contributed by atoms with Crippen molar-refractivity contribution >= 4 is 23.2 Å². The molecule has 1 rings (SSSR count). The summed E-state index contributed by atoms with van der Waals surface area (Å²) in [5.41, 5.74) is 0.706.